The van der Waals surface area contributed by atoms with Gasteiger partial charge in [-0.25, -0.2) is 0 Å². The third kappa shape index (κ3) is 7.30. The molecule has 1 unspecified atom stereocenters. The summed E-state index contributed by atoms with van der Waals surface area (Å²) in [7, 11) is 0. The lowest BCUT2D eigenvalue weighted by Crippen LogP contribution is -2.32. The van der Waals surface area contributed by atoms with Crippen LogP contribution < -0.4 is 5.32 Å². The predicted octanol–water partition coefficient (Wildman–Crippen LogP) is 4.75. The minimum absolute atomic E-state index is 0.393. The van der Waals surface area contributed by atoms with Crippen LogP contribution >= 0.6 is 11.6 Å². The Morgan fingerprint density at radius 2 is 2.00 bits per heavy atom. The van der Waals surface area contributed by atoms with Crippen molar-refractivity contribution in [3.05, 3.63) is 34.9 Å². The molecule has 2 nitrogen and oxygen atoms in total. The van der Waals surface area contributed by atoms with Crippen molar-refractivity contribution in [1.29, 1.82) is 0 Å². The van der Waals surface area contributed by atoms with Crippen LogP contribution in [0.3, 0.4) is 0 Å². The molecule has 1 N–H and O–H groups in total. The zero-order valence-electron chi connectivity index (χ0n) is 14.0. The van der Waals surface area contributed by atoms with E-state index >= 15 is 0 Å². The van der Waals surface area contributed by atoms with E-state index in [1.807, 2.05) is 12.1 Å². The smallest absolute Gasteiger partial charge is 0.0409 e. The zero-order valence-corrected chi connectivity index (χ0v) is 14.8. The molecule has 3 heteroatoms. The summed E-state index contributed by atoms with van der Waals surface area (Å²) in [5.41, 5.74) is 1.30. The van der Waals surface area contributed by atoms with Gasteiger partial charge in [0.25, 0.3) is 0 Å². The number of hydrogen-bond acceptors (Lipinski definition) is 2. The Labute approximate surface area is 135 Å². The highest BCUT2D eigenvalue weighted by Gasteiger charge is 2.13. The van der Waals surface area contributed by atoms with Crippen molar-refractivity contribution in [2.45, 2.75) is 46.6 Å². The van der Waals surface area contributed by atoms with Crippen LogP contribution in [0.1, 0.15) is 52.1 Å². The molecular formula is C18H31ClN2. The second-order valence-corrected chi connectivity index (χ2v) is 6.57. The maximum Gasteiger partial charge on any atom is 0.0409 e. The Morgan fingerprint density at radius 1 is 1.24 bits per heavy atom. The van der Waals surface area contributed by atoms with Gasteiger partial charge < -0.3 is 10.2 Å². The van der Waals surface area contributed by atoms with Gasteiger partial charge in [-0.05, 0) is 56.1 Å². The molecular weight excluding hydrogens is 280 g/mol. The second-order valence-electron chi connectivity index (χ2n) is 6.14. The highest BCUT2D eigenvalue weighted by atomic mass is 35.5. The fraction of sp³-hybridized carbons (Fsp3) is 0.667. The van der Waals surface area contributed by atoms with Gasteiger partial charge in [0.15, 0.2) is 0 Å². The fourth-order valence-corrected chi connectivity index (χ4v) is 2.83. The molecule has 0 aliphatic heterocycles. The van der Waals surface area contributed by atoms with Gasteiger partial charge in [0.05, 0.1) is 0 Å². The van der Waals surface area contributed by atoms with Gasteiger partial charge in [0.2, 0.25) is 0 Å². The van der Waals surface area contributed by atoms with Gasteiger partial charge in [0, 0.05) is 17.6 Å². The number of rotatable bonds is 10. The molecule has 0 amide bonds. The zero-order chi connectivity index (χ0) is 15.7. The average molecular weight is 311 g/mol. The number of benzene rings is 1. The maximum atomic E-state index is 6.14. The van der Waals surface area contributed by atoms with Crippen LogP contribution in [-0.4, -0.2) is 31.1 Å². The number of halogens is 1. The van der Waals surface area contributed by atoms with Gasteiger partial charge in [-0.1, -0.05) is 51.4 Å². The number of hydrogen-bond donors (Lipinski definition) is 1. The van der Waals surface area contributed by atoms with Crippen LogP contribution in [-0.2, 0) is 0 Å². The molecule has 0 bridgehead atoms. The Balaban J connectivity index is 2.65. The van der Waals surface area contributed by atoms with Gasteiger partial charge in [-0.15, -0.1) is 0 Å². The van der Waals surface area contributed by atoms with Crippen LogP contribution in [0.25, 0.3) is 0 Å². The molecule has 0 spiro atoms. The van der Waals surface area contributed by atoms with Gasteiger partial charge in [-0.3, -0.25) is 0 Å². The van der Waals surface area contributed by atoms with Crippen molar-refractivity contribution in [2.24, 2.45) is 5.92 Å². The first-order valence-electron chi connectivity index (χ1n) is 8.28. The summed E-state index contributed by atoms with van der Waals surface area (Å²) in [6.07, 6.45) is 2.28. The van der Waals surface area contributed by atoms with Crippen LogP contribution in [0.15, 0.2) is 24.3 Å². The monoisotopic (exact) mass is 310 g/mol. The van der Waals surface area contributed by atoms with Crippen molar-refractivity contribution in [3.8, 4) is 0 Å². The third-order valence-corrected chi connectivity index (χ3v) is 3.93. The summed E-state index contributed by atoms with van der Waals surface area (Å²) in [5, 5.41) is 4.48. The first-order valence-corrected chi connectivity index (χ1v) is 8.65. The van der Waals surface area contributed by atoms with E-state index in [-0.39, 0.29) is 0 Å². The summed E-state index contributed by atoms with van der Waals surface area (Å²) in [6.45, 7) is 13.5. The van der Waals surface area contributed by atoms with Crippen molar-refractivity contribution in [2.75, 3.05) is 26.2 Å². The summed E-state index contributed by atoms with van der Waals surface area (Å²) in [5.74, 6) is 0.721. The molecule has 0 aliphatic carbocycles. The maximum absolute atomic E-state index is 6.14. The van der Waals surface area contributed by atoms with Crippen molar-refractivity contribution < 1.29 is 0 Å². The molecule has 1 rings (SSSR count). The van der Waals surface area contributed by atoms with Crippen LogP contribution in [0.5, 0.6) is 0 Å². The minimum atomic E-state index is 0.393. The van der Waals surface area contributed by atoms with E-state index in [4.69, 9.17) is 11.6 Å². The Morgan fingerprint density at radius 3 is 2.57 bits per heavy atom. The van der Waals surface area contributed by atoms with E-state index in [2.05, 4.69) is 50.0 Å². The van der Waals surface area contributed by atoms with Gasteiger partial charge in [-0.2, -0.15) is 0 Å². The SMILES string of the molecule is CCCNC(CCN(CC)CC(C)C)c1cccc(Cl)c1. The Kier molecular flexibility index (Phi) is 8.98. The van der Waals surface area contributed by atoms with E-state index in [0.29, 0.717) is 6.04 Å². The molecule has 0 radical (unpaired) electrons. The molecule has 1 aromatic carbocycles. The van der Waals surface area contributed by atoms with Crippen molar-refractivity contribution in [1.82, 2.24) is 10.2 Å². The lowest BCUT2D eigenvalue weighted by atomic mass is 10.0. The molecule has 0 fully saturated rings. The van der Waals surface area contributed by atoms with Gasteiger partial charge in [0.1, 0.15) is 0 Å². The highest BCUT2D eigenvalue weighted by molar-refractivity contribution is 6.30. The van der Waals surface area contributed by atoms with Crippen LogP contribution in [0.4, 0.5) is 0 Å². The molecule has 1 atom stereocenters. The van der Waals surface area contributed by atoms with Crippen molar-refractivity contribution in [3.63, 3.8) is 0 Å². The van der Waals surface area contributed by atoms with E-state index in [9.17, 15) is 0 Å². The summed E-state index contributed by atoms with van der Waals surface area (Å²) in [4.78, 5) is 2.54. The quantitative estimate of drug-likeness (QED) is 0.671. The van der Waals surface area contributed by atoms with Gasteiger partial charge >= 0.3 is 0 Å². The second kappa shape index (κ2) is 10.2. The topological polar surface area (TPSA) is 15.3 Å². The molecule has 0 aliphatic rings. The Hall–Kier alpha value is -0.570. The highest BCUT2D eigenvalue weighted by Crippen LogP contribution is 2.21. The molecule has 1 aromatic rings. The number of nitrogens with zero attached hydrogens (tertiary/aromatic N) is 1. The molecule has 0 saturated heterocycles. The average Bonchev–Trinajstić information content (AvgIpc) is 2.45. The normalized spacial score (nSPS) is 13.1. The molecule has 0 aromatic heterocycles. The lowest BCUT2D eigenvalue weighted by molar-refractivity contribution is 0.241. The first kappa shape index (κ1) is 18.5. The lowest BCUT2D eigenvalue weighted by Gasteiger charge is -2.26. The third-order valence-electron chi connectivity index (χ3n) is 3.70. The van der Waals surface area contributed by atoms with E-state index in [1.54, 1.807) is 0 Å². The van der Waals surface area contributed by atoms with E-state index in [0.717, 1.165) is 43.4 Å². The molecule has 21 heavy (non-hydrogen) atoms. The minimum Gasteiger partial charge on any atom is -0.310 e. The fourth-order valence-electron chi connectivity index (χ4n) is 2.64. The number of nitrogens with one attached hydrogen (secondary N) is 1. The summed E-state index contributed by atoms with van der Waals surface area (Å²) >= 11 is 6.14. The largest absolute Gasteiger partial charge is 0.310 e. The van der Waals surface area contributed by atoms with E-state index < -0.39 is 0 Å². The summed E-state index contributed by atoms with van der Waals surface area (Å²) < 4.78 is 0. The standard InChI is InChI=1S/C18H31ClN2/c1-5-11-20-18(16-8-7-9-17(19)13-16)10-12-21(6-2)14-15(3)4/h7-9,13,15,18,20H,5-6,10-12,14H2,1-4H3. The van der Waals surface area contributed by atoms with E-state index in [1.165, 1.54) is 12.1 Å². The summed E-state index contributed by atoms with van der Waals surface area (Å²) in [6, 6.07) is 8.65. The van der Waals surface area contributed by atoms with Crippen LogP contribution in [0, 0.1) is 5.92 Å². The molecule has 0 heterocycles. The first-order chi connectivity index (χ1) is 10.1. The predicted molar refractivity (Wildman–Crippen MR) is 94.1 cm³/mol. The van der Waals surface area contributed by atoms with Crippen LogP contribution in [0.2, 0.25) is 5.02 Å². The molecule has 120 valence electrons. The van der Waals surface area contributed by atoms with Crippen molar-refractivity contribution >= 4 is 11.6 Å². The molecule has 0 saturated carbocycles. The Bertz CT molecular complexity index is 393.